The van der Waals surface area contributed by atoms with Gasteiger partial charge in [-0.1, -0.05) is 11.4 Å². The summed E-state index contributed by atoms with van der Waals surface area (Å²) >= 11 is 1.39. The van der Waals surface area contributed by atoms with Crippen LogP contribution in [0.2, 0.25) is 0 Å². The SMILES string of the molecule is CCCNc1snnc1CN1CCCC1C(=O)NC. The summed E-state index contributed by atoms with van der Waals surface area (Å²) in [6.45, 7) is 4.70. The Morgan fingerprint density at radius 2 is 2.42 bits per heavy atom. The first-order chi connectivity index (χ1) is 9.26. The van der Waals surface area contributed by atoms with Crippen LogP contribution in [0.15, 0.2) is 0 Å². The predicted molar refractivity (Wildman–Crippen MR) is 76.2 cm³/mol. The Bertz CT molecular complexity index is 422. The van der Waals surface area contributed by atoms with Crippen LogP contribution in [0.3, 0.4) is 0 Å². The Balaban J connectivity index is 2.00. The van der Waals surface area contributed by atoms with Crippen molar-refractivity contribution in [2.45, 2.75) is 38.8 Å². The minimum atomic E-state index is -0.0225. The summed E-state index contributed by atoms with van der Waals surface area (Å²) in [5, 5.41) is 11.3. The molecule has 2 heterocycles. The first-order valence-corrected chi connectivity index (χ1v) is 7.54. The first-order valence-electron chi connectivity index (χ1n) is 6.77. The largest absolute Gasteiger partial charge is 0.374 e. The molecular weight excluding hydrogens is 262 g/mol. The molecule has 19 heavy (non-hydrogen) atoms. The molecule has 1 saturated heterocycles. The third-order valence-corrected chi connectivity index (χ3v) is 4.08. The number of likely N-dealkylation sites (N-methyl/N-ethyl adjacent to an activating group) is 1. The van der Waals surface area contributed by atoms with E-state index in [0.717, 1.165) is 43.0 Å². The minimum Gasteiger partial charge on any atom is -0.374 e. The number of nitrogens with one attached hydrogen (secondary N) is 2. The molecule has 1 atom stereocenters. The molecule has 0 spiro atoms. The van der Waals surface area contributed by atoms with Crippen molar-refractivity contribution in [2.75, 3.05) is 25.5 Å². The summed E-state index contributed by atoms with van der Waals surface area (Å²) in [6, 6.07) is -0.0225. The molecule has 0 aliphatic carbocycles. The number of hydrogen-bond donors (Lipinski definition) is 2. The maximum absolute atomic E-state index is 11.8. The van der Waals surface area contributed by atoms with Gasteiger partial charge in [0.15, 0.2) is 0 Å². The van der Waals surface area contributed by atoms with Gasteiger partial charge in [0.1, 0.15) is 10.7 Å². The molecule has 2 rings (SSSR count). The van der Waals surface area contributed by atoms with Crippen LogP contribution >= 0.6 is 11.5 Å². The van der Waals surface area contributed by atoms with Gasteiger partial charge in [0.05, 0.1) is 6.04 Å². The van der Waals surface area contributed by atoms with Gasteiger partial charge >= 0.3 is 0 Å². The maximum atomic E-state index is 11.8. The number of nitrogens with zero attached hydrogens (tertiary/aromatic N) is 3. The Kier molecular flexibility index (Phi) is 5.09. The van der Waals surface area contributed by atoms with Gasteiger partial charge in [0.2, 0.25) is 5.91 Å². The van der Waals surface area contributed by atoms with Gasteiger partial charge < -0.3 is 10.6 Å². The topological polar surface area (TPSA) is 70.2 Å². The van der Waals surface area contributed by atoms with E-state index in [2.05, 4.69) is 32.0 Å². The normalized spacial score (nSPS) is 19.6. The second-order valence-electron chi connectivity index (χ2n) is 4.72. The molecule has 1 amide bonds. The van der Waals surface area contributed by atoms with E-state index < -0.39 is 0 Å². The molecule has 7 heteroatoms. The molecule has 0 aromatic carbocycles. The lowest BCUT2D eigenvalue weighted by molar-refractivity contribution is -0.125. The van der Waals surface area contributed by atoms with E-state index in [4.69, 9.17) is 0 Å². The second-order valence-corrected chi connectivity index (χ2v) is 5.47. The lowest BCUT2D eigenvalue weighted by atomic mass is 10.2. The number of hydrogen-bond acceptors (Lipinski definition) is 6. The van der Waals surface area contributed by atoms with E-state index in [1.54, 1.807) is 7.05 Å². The van der Waals surface area contributed by atoms with Crippen molar-refractivity contribution in [2.24, 2.45) is 0 Å². The van der Waals surface area contributed by atoms with E-state index in [0.29, 0.717) is 6.54 Å². The number of rotatable bonds is 6. The van der Waals surface area contributed by atoms with Crippen LogP contribution in [0.5, 0.6) is 0 Å². The number of anilines is 1. The standard InChI is InChI=1S/C12H21N5OS/c1-3-6-14-12-9(15-16-19-12)8-17-7-4-5-10(17)11(18)13-2/h10,14H,3-8H2,1-2H3,(H,13,18). The zero-order valence-corrected chi connectivity index (χ0v) is 12.3. The third kappa shape index (κ3) is 3.42. The van der Waals surface area contributed by atoms with Crippen molar-refractivity contribution >= 4 is 22.4 Å². The predicted octanol–water partition coefficient (Wildman–Crippen LogP) is 1.07. The molecule has 6 nitrogen and oxygen atoms in total. The van der Waals surface area contributed by atoms with E-state index in [-0.39, 0.29) is 11.9 Å². The highest BCUT2D eigenvalue weighted by Gasteiger charge is 2.30. The van der Waals surface area contributed by atoms with Gasteiger partial charge in [-0.2, -0.15) is 0 Å². The molecule has 1 aromatic heterocycles. The van der Waals surface area contributed by atoms with Gasteiger partial charge in [-0.25, -0.2) is 0 Å². The van der Waals surface area contributed by atoms with Gasteiger partial charge in [0.25, 0.3) is 0 Å². The number of likely N-dealkylation sites (tertiary alicyclic amines) is 1. The van der Waals surface area contributed by atoms with Crippen LogP contribution in [0.4, 0.5) is 5.00 Å². The highest BCUT2D eigenvalue weighted by molar-refractivity contribution is 7.10. The average Bonchev–Trinajstić information content (AvgIpc) is 3.05. The molecule has 1 aromatic rings. The number of aromatic nitrogens is 2. The van der Waals surface area contributed by atoms with Crippen LogP contribution in [-0.4, -0.2) is 46.6 Å². The van der Waals surface area contributed by atoms with Crippen LogP contribution in [-0.2, 0) is 11.3 Å². The quantitative estimate of drug-likeness (QED) is 0.817. The molecular formula is C12H21N5OS. The molecule has 2 N–H and O–H groups in total. The van der Waals surface area contributed by atoms with Crippen molar-refractivity contribution in [1.29, 1.82) is 0 Å². The summed E-state index contributed by atoms with van der Waals surface area (Å²) in [7, 11) is 1.69. The minimum absolute atomic E-state index is 0.0225. The average molecular weight is 283 g/mol. The molecule has 1 aliphatic rings. The Hall–Kier alpha value is -1.21. The van der Waals surface area contributed by atoms with Gasteiger partial charge in [-0.3, -0.25) is 9.69 Å². The fourth-order valence-corrected chi connectivity index (χ4v) is 2.95. The fraction of sp³-hybridized carbons (Fsp3) is 0.750. The zero-order valence-electron chi connectivity index (χ0n) is 11.5. The Morgan fingerprint density at radius 1 is 1.58 bits per heavy atom. The molecule has 1 fully saturated rings. The van der Waals surface area contributed by atoms with Crippen LogP contribution in [0, 0.1) is 0 Å². The van der Waals surface area contributed by atoms with Crippen molar-refractivity contribution in [3.63, 3.8) is 0 Å². The first kappa shape index (κ1) is 14.2. The van der Waals surface area contributed by atoms with E-state index in [1.165, 1.54) is 11.5 Å². The second kappa shape index (κ2) is 6.81. The van der Waals surface area contributed by atoms with Crippen molar-refractivity contribution in [3.05, 3.63) is 5.69 Å². The number of carbonyl (C=O) groups excluding carboxylic acids is 1. The summed E-state index contributed by atoms with van der Waals surface area (Å²) in [5.41, 5.74) is 0.953. The smallest absolute Gasteiger partial charge is 0.237 e. The monoisotopic (exact) mass is 283 g/mol. The maximum Gasteiger partial charge on any atom is 0.237 e. The van der Waals surface area contributed by atoms with Crippen LogP contribution in [0.1, 0.15) is 31.9 Å². The number of amides is 1. The van der Waals surface area contributed by atoms with E-state index in [9.17, 15) is 4.79 Å². The van der Waals surface area contributed by atoms with Crippen molar-refractivity contribution in [3.8, 4) is 0 Å². The molecule has 1 aliphatic heterocycles. The highest BCUT2D eigenvalue weighted by atomic mass is 32.1. The van der Waals surface area contributed by atoms with Crippen molar-refractivity contribution < 1.29 is 4.79 Å². The molecule has 0 saturated carbocycles. The van der Waals surface area contributed by atoms with Gasteiger partial charge in [0, 0.05) is 31.7 Å². The van der Waals surface area contributed by atoms with Gasteiger partial charge in [-0.05, 0) is 25.8 Å². The highest BCUT2D eigenvalue weighted by Crippen LogP contribution is 2.24. The summed E-state index contributed by atoms with van der Waals surface area (Å²) in [4.78, 5) is 14.0. The fourth-order valence-electron chi connectivity index (χ4n) is 2.36. The van der Waals surface area contributed by atoms with E-state index >= 15 is 0 Å². The summed E-state index contributed by atoms with van der Waals surface area (Å²) in [6.07, 6.45) is 3.06. The van der Waals surface area contributed by atoms with Crippen LogP contribution in [0.25, 0.3) is 0 Å². The van der Waals surface area contributed by atoms with E-state index in [1.807, 2.05) is 0 Å². The van der Waals surface area contributed by atoms with Crippen molar-refractivity contribution in [1.82, 2.24) is 19.8 Å². The van der Waals surface area contributed by atoms with Gasteiger partial charge in [-0.15, -0.1) is 5.10 Å². The zero-order chi connectivity index (χ0) is 13.7. The molecule has 0 bridgehead atoms. The Morgan fingerprint density at radius 3 is 3.16 bits per heavy atom. The Labute approximate surface area is 117 Å². The molecule has 0 radical (unpaired) electrons. The number of carbonyl (C=O) groups is 1. The lowest BCUT2D eigenvalue weighted by Gasteiger charge is -2.22. The lowest BCUT2D eigenvalue weighted by Crippen LogP contribution is -2.41. The third-order valence-electron chi connectivity index (χ3n) is 3.36. The molecule has 106 valence electrons. The van der Waals surface area contributed by atoms with Crippen LogP contribution < -0.4 is 10.6 Å². The summed E-state index contributed by atoms with van der Waals surface area (Å²) < 4.78 is 4.01. The molecule has 1 unspecified atom stereocenters. The summed E-state index contributed by atoms with van der Waals surface area (Å²) in [5.74, 6) is 0.101.